The van der Waals surface area contributed by atoms with Gasteiger partial charge in [0.2, 0.25) is 0 Å². The lowest BCUT2D eigenvalue weighted by molar-refractivity contribution is -0.0961. The van der Waals surface area contributed by atoms with Crippen molar-refractivity contribution < 1.29 is 9.94 Å². The number of hydroxylamine groups is 1. The molecule has 6 heteroatoms. The van der Waals surface area contributed by atoms with Crippen LogP contribution in [0.5, 0.6) is 0 Å². The number of hydrogen-bond acceptors (Lipinski definition) is 6. The molecule has 2 rings (SSSR count). The van der Waals surface area contributed by atoms with Crippen molar-refractivity contribution in [1.82, 2.24) is 15.7 Å². The first-order valence-corrected chi connectivity index (χ1v) is 5.99. The van der Waals surface area contributed by atoms with Gasteiger partial charge in [-0.15, -0.1) is 0 Å². The lowest BCUT2D eigenvalue weighted by Crippen LogP contribution is -2.53. The van der Waals surface area contributed by atoms with Crippen LogP contribution in [0.1, 0.15) is 19.8 Å². The Labute approximate surface area is 96.1 Å². The van der Waals surface area contributed by atoms with Crippen LogP contribution in [0.25, 0.3) is 0 Å². The molecule has 0 saturated carbocycles. The van der Waals surface area contributed by atoms with E-state index in [4.69, 9.17) is 10.6 Å². The van der Waals surface area contributed by atoms with Crippen molar-refractivity contribution in [3.63, 3.8) is 0 Å². The summed E-state index contributed by atoms with van der Waals surface area (Å²) in [6, 6.07) is 0.711. The van der Waals surface area contributed by atoms with Gasteiger partial charge in [0.1, 0.15) is 6.23 Å². The van der Waals surface area contributed by atoms with Crippen molar-refractivity contribution in [3.05, 3.63) is 0 Å². The number of aliphatic hydroxyl groups is 1. The molecule has 5 N–H and O–H groups in total. The monoisotopic (exact) mass is 230 g/mol. The molecular formula is C10H22N4O2. The first kappa shape index (κ1) is 12.2. The number of nitrogens with two attached hydrogens (primary N) is 1. The molecule has 0 amide bonds. The fourth-order valence-corrected chi connectivity index (χ4v) is 2.66. The molecule has 3 unspecified atom stereocenters. The molecule has 2 aliphatic heterocycles. The first-order valence-electron chi connectivity index (χ1n) is 5.99. The van der Waals surface area contributed by atoms with Gasteiger partial charge in [-0.25, -0.2) is 0 Å². The quantitative estimate of drug-likeness (QED) is 0.263. The van der Waals surface area contributed by atoms with Crippen molar-refractivity contribution in [2.75, 3.05) is 19.7 Å². The molecule has 16 heavy (non-hydrogen) atoms. The summed E-state index contributed by atoms with van der Waals surface area (Å²) in [6.45, 7) is 4.02. The predicted molar refractivity (Wildman–Crippen MR) is 60.3 cm³/mol. The third-order valence-corrected chi connectivity index (χ3v) is 3.43. The Morgan fingerprint density at radius 3 is 3.19 bits per heavy atom. The SMILES string of the molecule is CC1N[C@H]2CC[C@@H](C(O)NOCCN)N1C2. The summed E-state index contributed by atoms with van der Waals surface area (Å²) in [6.07, 6.45) is 1.79. The summed E-state index contributed by atoms with van der Waals surface area (Å²) in [5.74, 6) is 0. The molecule has 0 spiro atoms. The van der Waals surface area contributed by atoms with Gasteiger partial charge in [-0.2, -0.15) is 5.48 Å². The van der Waals surface area contributed by atoms with Crippen molar-refractivity contribution in [1.29, 1.82) is 0 Å². The topological polar surface area (TPSA) is 82.8 Å². The van der Waals surface area contributed by atoms with E-state index in [1.165, 1.54) is 0 Å². The van der Waals surface area contributed by atoms with E-state index in [0.29, 0.717) is 25.4 Å². The third-order valence-electron chi connectivity index (χ3n) is 3.43. The molecule has 0 radical (unpaired) electrons. The normalized spacial score (nSPS) is 39.9. The van der Waals surface area contributed by atoms with Crippen molar-refractivity contribution >= 4 is 0 Å². The van der Waals surface area contributed by atoms with Crippen LogP contribution >= 0.6 is 0 Å². The van der Waals surface area contributed by atoms with Crippen molar-refractivity contribution in [2.45, 2.75) is 44.2 Å². The highest BCUT2D eigenvalue weighted by atomic mass is 16.7. The van der Waals surface area contributed by atoms with E-state index in [9.17, 15) is 5.11 Å². The number of hydrogen-bond donors (Lipinski definition) is 4. The Morgan fingerprint density at radius 1 is 1.62 bits per heavy atom. The van der Waals surface area contributed by atoms with Crippen LogP contribution in [0.2, 0.25) is 0 Å². The van der Waals surface area contributed by atoms with Crippen LogP contribution in [0.15, 0.2) is 0 Å². The van der Waals surface area contributed by atoms with Gasteiger partial charge in [-0.3, -0.25) is 15.1 Å². The molecule has 6 nitrogen and oxygen atoms in total. The summed E-state index contributed by atoms with van der Waals surface area (Å²) in [7, 11) is 0. The fraction of sp³-hybridized carbons (Fsp3) is 1.00. The Balaban J connectivity index is 1.83. The molecule has 2 saturated heterocycles. The zero-order valence-electron chi connectivity index (χ0n) is 9.72. The van der Waals surface area contributed by atoms with E-state index < -0.39 is 6.23 Å². The van der Waals surface area contributed by atoms with Crippen LogP contribution in [0.4, 0.5) is 0 Å². The lowest BCUT2D eigenvalue weighted by atomic mass is 10.00. The Hall–Kier alpha value is -0.240. The van der Waals surface area contributed by atoms with E-state index in [-0.39, 0.29) is 6.04 Å². The lowest BCUT2D eigenvalue weighted by Gasteiger charge is -2.36. The number of aliphatic hydroxyl groups excluding tert-OH is 1. The summed E-state index contributed by atoms with van der Waals surface area (Å²) in [5.41, 5.74) is 7.97. The zero-order valence-corrected chi connectivity index (χ0v) is 9.72. The van der Waals surface area contributed by atoms with Crippen molar-refractivity contribution in [3.8, 4) is 0 Å². The molecular weight excluding hydrogens is 208 g/mol. The zero-order chi connectivity index (χ0) is 11.5. The fourth-order valence-electron chi connectivity index (χ4n) is 2.66. The minimum atomic E-state index is -0.644. The van der Waals surface area contributed by atoms with Crippen molar-refractivity contribution in [2.24, 2.45) is 5.73 Å². The minimum absolute atomic E-state index is 0.124. The molecule has 94 valence electrons. The molecule has 0 aliphatic carbocycles. The van der Waals surface area contributed by atoms with Gasteiger partial charge in [0.25, 0.3) is 0 Å². The second kappa shape index (κ2) is 5.39. The Kier molecular flexibility index (Phi) is 4.12. The molecule has 2 aliphatic rings. The number of piperidine rings is 1. The number of rotatable bonds is 5. The van der Waals surface area contributed by atoms with E-state index in [1.807, 2.05) is 0 Å². The van der Waals surface area contributed by atoms with Gasteiger partial charge in [0.15, 0.2) is 0 Å². The number of fused-ring (bicyclic) bond motifs is 2. The third kappa shape index (κ3) is 2.53. The maximum atomic E-state index is 9.99. The highest BCUT2D eigenvalue weighted by molar-refractivity contribution is 4.95. The molecule has 2 fully saturated rings. The minimum Gasteiger partial charge on any atom is -0.375 e. The van der Waals surface area contributed by atoms with E-state index in [2.05, 4.69) is 22.6 Å². The Bertz CT molecular complexity index is 229. The molecule has 0 aromatic rings. The largest absolute Gasteiger partial charge is 0.375 e. The average molecular weight is 230 g/mol. The molecule has 5 atom stereocenters. The molecule has 0 aromatic heterocycles. The van der Waals surface area contributed by atoms with Gasteiger partial charge >= 0.3 is 0 Å². The summed E-state index contributed by atoms with van der Waals surface area (Å²) < 4.78 is 0. The van der Waals surface area contributed by atoms with E-state index >= 15 is 0 Å². The van der Waals surface area contributed by atoms with Gasteiger partial charge in [-0.1, -0.05) is 0 Å². The van der Waals surface area contributed by atoms with Gasteiger partial charge < -0.3 is 10.8 Å². The number of nitrogens with one attached hydrogen (secondary N) is 2. The van der Waals surface area contributed by atoms with Crippen LogP contribution < -0.4 is 16.5 Å². The summed E-state index contributed by atoms with van der Waals surface area (Å²) >= 11 is 0. The van der Waals surface area contributed by atoms with Crippen LogP contribution in [-0.4, -0.2) is 54.2 Å². The van der Waals surface area contributed by atoms with Gasteiger partial charge in [0, 0.05) is 19.1 Å². The number of nitrogens with zero attached hydrogens (tertiary/aromatic N) is 1. The summed E-state index contributed by atoms with van der Waals surface area (Å²) in [4.78, 5) is 7.36. The molecule has 2 heterocycles. The van der Waals surface area contributed by atoms with Crippen LogP contribution in [0.3, 0.4) is 0 Å². The molecule has 2 bridgehead atoms. The van der Waals surface area contributed by atoms with Gasteiger partial charge in [0.05, 0.1) is 18.8 Å². The Morgan fingerprint density at radius 2 is 2.44 bits per heavy atom. The standard InChI is InChI=1S/C10H22N4O2/c1-7-12-8-2-3-9(14(7)6-8)10(15)13-16-5-4-11/h7-10,12-13,15H,2-6,11H2,1H3/t7?,8-,9-,10?/m0/s1. The van der Waals surface area contributed by atoms with Crippen LogP contribution in [0, 0.1) is 0 Å². The maximum absolute atomic E-state index is 9.99. The second-order valence-electron chi connectivity index (χ2n) is 4.58. The second-order valence-corrected chi connectivity index (χ2v) is 4.58. The summed E-state index contributed by atoms with van der Waals surface area (Å²) in [5, 5.41) is 13.5. The highest BCUT2D eigenvalue weighted by Gasteiger charge is 2.40. The van der Waals surface area contributed by atoms with Crippen LogP contribution in [-0.2, 0) is 4.84 Å². The maximum Gasteiger partial charge on any atom is 0.142 e. The van der Waals surface area contributed by atoms with E-state index in [0.717, 1.165) is 19.4 Å². The van der Waals surface area contributed by atoms with Gasteiger partial charge in [-0.05, 0) is 19.8 Å². The van der Waals surface area contributed by atoms with E-state index in [1.54, 1.807) is 0 Å². The molecule has 0 aromatic carbocycles. The average Bonchev–Trinajstić information content (AvgIpc) is 2.55. The first-order chi connectivity index (χ1) is 7.72. The predicted octanol–water partition coefficient (Wildman–Crippen LogP) is -1.43. The highest BCUT2D eigenvalue weighted by Crippen LogP contribution is 2.26. The smallest absolute Gasteiger partial charge is 0.142 e.